The molecule has 3 nitrogen and oxygen atoms in total. The molecule has 1 aromatic heterocycles. The Balaban J connectivity index is 2.47. The van der Waals surface area contributed by atoms with Crippen LogP contribution >= 0.6 is 0 Å². The molecular formula is C13H25N3. The standard InChI is InChI=1S/C13H25N3/c1-6-7-11(2)14-8-12-9-15-16(10-12)13(3,4)5/h9-11,14H,6-8H2,1-5H3. The van der Waals surface area contributed by atoms with Gasteiger partial charge in [0.05, 0.1) is 11.7 Å². The molecule has 1 rings (SSSR count). The van der Waals surface area contributed by atoms with E-state index >= 15 is 0 Å². The molecular weight excluding hydrogens is 198 g/mol. The highest BCUT2D eigenvalue weighted by molar-refractivity contribution is 5.05. The Kier molecular flexibility index (Phi) is 4.54. The van der Waals surface area contributed by atoms with Crippen LogP contribution in [0.4, 0.5) is 0 Å². The summed E-state index contributed by atoms with van der Waals surface area (Å²) in [4.78, 5) is 0. The van der Waals surface area contributed by atoms with E-state index in [9.17, 15) is 0 Å². The number of rotatable bonds is 5. The second kappa shape index (κ2) is 5.48. The topological polar surface area (TPSA) is 29.9 Å². The van der Waals surface area contributed by atoms with E-state index in [1.165, 1.54) is 18.4 Å². The summed E-state index contributed by atoms with van der Waals surface area (Å²) in [6, 6.07) is 0.586. The molecule has 0 saturated heterocycles. The van der Waals surface area contributed by atoms with Crippen LogP contribution in [0.15, 0.2) is 12.4 Å². The maximum atomic E-state index is 4.39. The summed E-state index contributed by atoms with van der Waals surface area (Å²) < 4.78 is 2.02. The minimum absolute atomic E-state index is 0.0767. The molecule has 0 aliphatic heterocycles. The molecule has 1 heterocycles. The van der Waals surface area contributed by atoms with E-state index in [0.717, 1.165) is 6.54 Å². The third-order valence-electron chi connectivity index (χ3n) is 2.70. The Morgan fingerprint density at radius 1 is 1.44 bits per heavy atom. The monoisotopic (exact) mass is 223 g/mol. The fourth-order valence-corrected chi connectivity index (χ4v) is 1.65. The lowest BCUT2D eigenvalue weighted by Gasteiger charge is -2.18. The molecule has 3 heteroatoms. The quantitative estimate of drug-likeness (QED) is 0.832. The van der Waals surface area contributed by atoms with Crippen LogP contribution in [0.25, 0.3) is 0 Å². The summed E-state index contributed by atoms with van der Waals surface area (Å²) in [6.45, 7) is 11.9. The van der Waals surface area contributed by atoms with Crippen molar-refractivity contribution >= 4 is 0 Å². The van der Waals surface area contributed by atoms with E-state index in [1.807, 2.05) is 10.9 Å². The van der Waals surface area contributed by atoms with Gasteiger partial charge in [-0.1, -0.05) is 13.3 Å². The molecule has 0 aliphatic carbocycles. The van der Waals surface area contributed by atoms with Crippen molar-refractivity contribution in [3.05, 3.63) is 18.0 Å². The maximum Gasteiger partial charge on any atom is 0.0543 e. The summed E-state index contributed by atoms with van der Waals surface area (Å²) in [5, 5.41) is 7.90. The van der Waals surface area contributed by atoms with Crippen molar-refractivity contribution in [1.82, 2.24) is 15.1 Å². The number of nitrogens with one attached hydrogen (secondary N) is 1. The van der Waals surface area contributed by atoms with Gasteiger partial charge in [0.25, 0.3) is 0 Å². The van der Waals surface area contributed by atoms with Crippen LogP contribution in [0.3, 0.4) is 0 Å². The predicted octanol–water partition coefficient (Wildman–Crippen LogP) is 2.92. The molecule has 0 saturated carbocycles. The largest absolute Gasteiger partial charge is 0.310 e. The average molecular weight is 223 g/mol. The van der Waals surface area contributed by atoms with Gasteiger partial charge in [-0.2, -0.15) is 5.10 Å². The molecule has 0 bridgehead atoms. The smallest absolute Gasteiger partial charge is 0.0543 e. The summed E-state index contributed by atoms with van der Waals surface area (Å²) in [5.41, 5.74) is 1.34. The van der Waals surface area contributed by atoms with Crippen molar-refractivity contribution in [3.8, 4) is 0 Å². The molecule has 0 fully saturated rings. The fraction of sp³-hybridized carbons (Fsp3) is 0.769. The van der Waals surface area contributed by atoms with E-state index in [0.29, 0.717) is 6.04 Å². The van der Waals surface area contributed by atoms with E-state index in [2.05, 4.69) is 51.2 Å². The van der Waals surface area contributed by atoms with Gasteiger partial charge in [0.1, 0.15) is 0 Å². The third kappa shape index (κ3) is 3.97. The first-order valence-electron chi connectivity index (χ1n) is 6.21. The molecule has 0 aliphatic rings. The van der Waals surface area contributed by atoms with Crippen LogP contribution in [-0.2, 0) is 12.1 Å². The highest BCUT2D eigenvalue weighted by Crippen LogP contribution is 2.13. The summed E-state index contributed by atoms with van der Waals surface area (Å²) in [7, 11) is 0. The Morgan fingerprint density at radius 3 is 2.62 bits per heavy atom. The lowest BCUT2D eigenvalue weighted by atomic mass is 10.1. The second-order valence-corrected chi connectivity index (χ2v) is 5.53. The summed E-state index contributed by atoms with van der Waals surface area (Å²) >= 11 is 0. The van der Waals surface area contributed by atoms with Gasteiger partial charge >= 0.3 is 0 Å². The number of hydrogen-bond acceptors (Lipinski definition) is 2. The number of hydrogen-bond donors (Lipinski definition) is 1. The van der Waals surface area contributed by atoms with Gasteiger partial charge < -0.3 is 5.32 Å². The number of aromatic nitrogens is 2. The molecule has 0 spiro atoms. The van der Waals surface area contributed by atoms with Gasteiger partial charge in [-0.3, -0.25) is 4.68 Å². The molecule has 16 heavy (non-hydrogen) atoms. The minimum Gasteiger partial charge on any atom is -0.310 e. The normalized spacial score (nSPS) is 14.1. The van der Waals surface area contributed by atoms with Crippen LogP contribution in [0.1, 0.15) is 53.0 Å². The molecule has 0 amide bonds. The SMILES string of the molecule is CCCC(C)NCc1cnn(C(C)(C)C)c1. The van der Waals surface area contributed by atoms with Crippen molar-refractivity contribution in [1.29, 1.82) is 0 Å². The Labute approximate surface area is 99.2 Å². The molecule has 0 radical (unpaired) electrons. The van der Waals surface area contributed by atoms with Gasteiger partial charge in [0.2, 0.25) is 0 Å². The average Bonchev–Trinajstić information content (AvgIpc) is 2.63. The Hall–Kier alpha value is -0.830. The Morgan fingerprint density at radius 2 is 2.12 bits per heavy atom. The van der Waals surface area contributed by atoms with Gasteiger partial charge in [0, 0.05) is 24.3 Å². The van der Waals surface area contributed by atoms with Crippen LogP contribution in [-0.4, -0.2) is 15.8 Å². The molecule has 1 N–H and O–H groups in total. The number of nitrogens with zero attached hydrogens (tertiary/aromatic N) is 2. The summed E-state index contributed by atoms with van der Waals surface area (Å²) in [5.74, 6) is 0. The van der Waals surface area contributed by atoms with E-state index in [1.54, 1.807) is 0 Å². The zero-order valence-electron chi connectivity index (χ0n) is 11.2. The molecule has 0 aromatic carbocycles. The van der Waals surface area contributed by atoms with Crippen LogP contribution < -0.4 is 5.32 Å². The third-order valence-corrected chi connectivity index (χ3v) is 2.70. The first-order chi connectivity index (χ1) is 7.43. The lowest BCUT2D eigenvalue weighted by molar-refractivity contribution is 0.355. The molecule has 1 unspecified atom stereocenters. The molecule has 1 atom stereocenters. The first kappa shape index (κ1) is 13.2. The molecule has 92 valence electrons. The van der Waals surface area contributed by atoms with Crippen molar-refractivity contribution < 1.29 is 0 Å². The van der Waals surface area contributed by atoms with Gasteiger partial charge in [-0.25, -0.2) is 0 Å². The molecule has 1 aromatic rings. The van der Waals surface area contributed by atoms with Crippen molar-refractivity contribution in [2.45, 2.75) is 65.6 Å². The highest BCUT2D eigenvalue weighted by atomic mass is 15.3. The predicted molar refractivity (Wildman–Crippen MR) is 68.4 cm³/mol. The lowest BCUT2D eigenvalue weighted by Crippen LogP contribution is -2.25. The first-order valence-corrected chi connectivity index (χ1v) is 6.21. The van der Waals surface area contributed by atoms with Crippen LogP contribution in [0, 0.1) is 0 Å². The maximum absolute atomic E-state index is 4.39. The van der Waals surface area contributed by atoms with Crippen molar-refractivity contribution in [2.75, 3.05) is 0 Å². The zero-order chi connectivity index (χ0) is 12.2. The van der Waals surface area contributed by atoms with E-state index in [-0.39, 0.29) is 5.54 Å². The van der Waals surface area contributed by atoms with Crippen molar-refractivity contribution in [3.63, 3.8) is 0 Å². The van der Waals surface area contributed by atoms with Crippen LogP contribution in [0.2, 0.25) is 0 Å². The van der Waals surface area contributed by atoms with E-state index in [4.69, 9.17) is 0 Å². The summed E-state index contributed by atoms with van der Waals surface area (Å²) in [6.07, 6.45) is 6.55. The second-order valence-electron chi connectivity index (χ2n) is 5.53. The Bertz CT molecular complexity index is 309. The van der Waals surface area contributed by atoms with Gasteiger partial charge in [-0.15, -0.1) is 0 Å². The van der Waals surface area contributed by atoms with Gasteiger partial charge in [0.15, 0.2) is 0 Å². The van der Waals surface area contributed by atoms with E-state index < -0.39 is 0 Å². The fourth-order valence-electron chi connectivity index (χ4n) is 1.65. The zero-order valence-corrected chi connectivity index (χ0v) is 11.2. The van der Waals surface area contributed by atoms with Crippen LogP contribution in [0.5, 0.6) is 0 Å². The van der Waals surface area contributed by atoms with Crippen molar-refractivity contribution in [2.24, 2.45) is 0 Å². The van der Waals surface area contributed by atoms with Gasteiger partial charge in [-0.05, 0) is 34.1 Å². The highest BCUT2D eigenvalue weighted by Gasteiger charge is 2.13. The minimum atomic E-state index is 0.0767.